The van der Waals surface area contributed by atoms with Gasteiger partial charge >= 0.3 is 0 Å². The molecule has 3 aliphatic rings. The number of fused-ring (bicyclic) bond motifs is 1. The molecule has 2 aromatic rings. The first-order valence-corrected chi connectivity index (χ1v) is 10.7. The van der Waals surface area contributed by atoms with E-state index in [1.165, 1.54) is 4.90 Å². The minimum Gasteiger partial charge on any atom is -0.484 e. The van der Waals surface area contributed by atoms with E-state index >= 15 is 0 Å². The Labute approximate surface area is 181 Å². The second-order valence-electron chi connectivity index (χ2n) is 8.33. The van der Waals surface area contributed by atoms with Gasteiger partial charge in [-0.25, -0.2) is 0 Å². The highest BCUT2D eigenvalue weighted by molar-refractivity contribution is 6.06. The van der Waals surface area contributed by atoms with Gasteiger partial charge in [0.05, 0.1) is 17.9 Å². The van der Waals surface area contributed by atoms with Crippen LogP contribution in [-0.4, -0.2) is 53.3 Å². The standard InChI is InChI=1S/C25H24N2O4/c28-23(16-31-20-12-10-18(11-13-20)17-6-2-1-3-7-17)26-14-19(15-26)27-24(29)21-8-4-5-9-22(21)25(27)30/h1-7,10-13,19,21-22H,8-9,14-16H2. The van der Waals surface area contributed by atoms with Gasteiger partial charge in [-0.05, 0) is 36.1 Å². The Kier molecular flexibility index (Phi) is 5.06. The molecule has 0 N–H and O–H groups in total. The molecule has 31 heavy (non-hydrogen) atoms. The van der Waals surface area contributed by atoms with Gasteiger partial charge in [0.2, 0.25) is 11.8 Å². The van der Waals surface area contributed by atoms with Crippen LogP contribution in [0.3, 0.4) is 0 Å². The van der Waals surface area contributed by atoms with Crippen LogP contribution in [0, 0.1) is 11.8 Å². The molecule has 2 aliphatic heterocycles. The molecule has 6 nitrogen and oxygen atoms in total. The fraction of sp³-hybridized carbons (Fsp3) is 0.320. The molecule has 158 valence electrons. The van der Waals surface area contributed by atoms with E-state index in [-0.39, 0.29) is 42.2 Å². The second kappa shape index (κ2) is 8.02. The van der Waals surface area contributed by atoms with E-state index in [2.05, 4.69) is 0 Å². The first kappa shape index (κ1) is 19.5. The summed E-state index contributed by atoms with van der Waals surface area (Å²) in [6.07, 6.45) is 5.24. The molecule has 2 saturated heterocycles. The Hall–Kier alpha value is -3.41. The summed E-state index contributed by atoms with van der Waals surface area (Å²) in [6.45, 7) is 0.716. The Morgan fingerprint density at radius 2 is 1.42 bits per heavy atom. The van der Waals surface area contributed by atoms with Gasteiger partial charge in [-0.15, -0.1) is 0 Å². The quantitative estimate of drug-likeness (QED) is 0.555. The van der Waals surface area contributed by atoms with Crippen molar-refractivity contribution < 1.29 is 19.1 Å². The molecule has 0 bridgehead atoms. The van der Waals surface area contributed by atoms with Crippen molar-refractivity contribution >= 4 is 17.7 Å². The maximum atomic E-state index is 12.6. The molecule has 2 atom stereocenters. The van der Waals surface area contributed by atoms with Crippen molar-refractivity contribution in [3.63, 3.8) is 0 Å². The molecule has 0 radical (unpaired) electrons. The maximum Gasteiger partial charge on any atom is 0.260 e. The van der Waals surface area contributed by atoms with Crippen LogP contribution < -0.4 is 4.74 Å². The molecule has 6 heteroatoms. The fourth-order valence-electron chi connectivity index (χ4n) is 4.62. The van der Waals surface area contributed by atoms with E-state index in [0.29, 0.717) is 31.7 Å². The maximum absolute atomic E-state index is 12.6. The van der Waals surface area contributed by atoms with Crippen molar-refractivity contribution in [3.8, 4) is 16.9 Å². The third-order valence-corrected chi connectivity index (χ3v) is 6.45. The molecule has 2 unspecified atom stereocenters. The molecule has 0 spiro atoms. The number of amides is 3. The summed E-state index contributed by atoms with van der Waals surface area (Å²) in [7, 11) is 0. The normalized spacial score (nSPS) is 23.0. The largest absolute Gasteiger partial charge is 0.484 e. The van der Waals surface area contributed by atoms with Gasteiger partial charge in [0.25, 0.3) is 5.91 Å². The lowest BCUT2D eigenvalue weighted by Gasteiger charge is -2.43. The van der Waals surface area contributed by atoms with Crippen molar-refractivity contribution in [1.82, 2.24) is 9.80 Å². The average molecular weight is 416 g/mol. The number of hydrogen-bond donors (Lipinski definition) is 0. The highest BCUT2D eigenvalue weighted by Gasteiger charge is 2.52. The summed E-state index contributed by atoms with van der Waals surface area (Å²) in [5.41, 5.74) is 2.21. The number of allylic oxidation sites excluding steroid dienone is 2. The van der Waals surface area contributed by atoms with Gasteiger partial charge < -0.3 is 9.64 Å². The highest BCUT2D eigenvalue weighted by Crippen LogP contribution is 2.37. The van der Waals surface area contributed by atoms with E-state index in [4.69, 9.17) is 4.74 Å². The van der Waals surface area contributed by atoms with Crippen molar-refractivity contribution in [3.05, 3.63) is 66.7 Å². The van der Waals surface area contributed by atoms with Crippen LogP contribution in [0.15, 0.2) is 66.7 Å². The summed E-state index contributed by atoms with van der Waals surface area (Å²) in [4.78, 5) is 40.8. The van der Waals surface area contributed by atoms with Crippen LogP contribution in [0.25, 0.3) is 11.1 Å². The molecule has 2 fully saturated rings. The number of ether oxygens (including phenoxy) is 1. The molecule has 2 aromatic carbocycles. The molecule has 2 heterocycles. The number of hydrogen-bond acceptors (Lipinski definition) is 4. The molecular formula is C25H24N2O4. The number of carbonyl (C=O) groups is 3. The predicted octanol–water partition coefficient (Wildman–Crippen LogP) is 2.89. The second-order valence-corrected chi connectivity index (χ2v) is 8.33. The minimum absolute atomic E-state index is 0.0610. The SMILES string of the molecule is O=C(COc1ccc(-c2ccccc2)cc1)N1CC(N2C(=O)C3CC=CCC3C2=O)C1. The zero-order chi connectivity index (χ0) is 21.4. The van der Waals surface area contributed by atoms with Gasteiger partial charge in [0.1, 0.15) is 5.75 Å². The Bertz CT molecular complexity index is 999. The summed E-state index contributed by atoms with van der Waals surface area (Å²) in [5, 5.41) is 0. The van der Waals surface area contributed by atoms with Crippen LogP contribution in [0.4, 0.5) is 0 Å². The number of carbonyl (C=O) groups excluding carboxylic acids is 3. The van der Waals surface area contributed by atoms with Gasteiger partial charge in [0.15, 0.2) is 6.61 Å². The first-order valence-electron chi connectivity index (χ1n) is 10.7. The Balaban J connectivity index is 1.12. The van der Waals surface area contributed by atoms with Crippen molar-refractivity contribution in [2.45, 2.75) is 18.9 Å². The van der Waals surface area contributed by atoms with Crippen LogP contribution in [-0.2, 0) is 14.4 Å². The Morgan fingerprint density at radius 1 is 0.839 bits per heavy atom. The molecule has 0 aromatic heterocycles. The van der Waals surface area contributed by atoms with E-state index in [0.717, 1.165) is 11.1 Å². The number of benzene rings is 2. The lowest BCUT2D eigenvalue weighted by Crippen LogP contribution is -2.63. The molecule has 5 rings (SSSR count). The van der Waals surface area contributed by atoms with Crippen molar-refractivity contribution in [1.29, 1.82) is 0 Å². The summed E-state index contributed by atoms with van der Waals surface area (Å²) in [5.74, 6) is -0.0977. The smallest absolute Gasteiger partial charge is 0.260 e. The summed E-state index contributed by atoms with van der Waals surface area (Å²) < 4.78 is 5.65. The molecule has 1 aliphatic carbocycles. The van der Waals surface area contributed by atoms with Crippen molar-refractivity contribution in [2.75, 3.05) is 19.7 Å². The third kappa shape index (κ3) is 3.63. The highest BCUT2D eigenvalue weighted by atomic mass is 16.5. The summed E-state index contributed by atoms with van der Waals surface area (Å²) in [6, 6.07) is 17.5. The zero-order valence-corrected chi connectivity index (χ0v) is 17.1. The molecule has 3 amide bonds. The topological polar surface area (TPSA) is 66.9 Å². The van der Waals surface area contributed by atoms with Crippen LogP contribution in [0.1, 0.15) is 12.8 Å². The van der Waals surface area contributed by atoms with E-state index in [9.17, 15) is 14.4 Å². The average Bonchev–Trinajstić information content (AvgIpc) is 3.03. The summed E-state index contributed by atoms with van der Waals surface area (Å²) >= 11 is 0. The van der Waals surface area contributed by atoms with Crippen molar-refractivity contribution in [2.24, 2.45) is 11.8 Å². The number of rotatable bonds is 5. The first-order chi connectivity index (χ1) is 15.1. The lowest BCUT2D eigenvalue weighted by molar-refractivity contribution is -0.153. The van der Waals surface area contributed by atoms with Gasteiger partial charge in [0, 0.05) is 13.1 Å². The fourth-order valence-corrected chi connectivity index (χ4v) is 4.62. The van der Waals surface area contributed by atoms with Crippen LogP contribution >= 0.6 is 0 Å². The molecule has 0 saturated carbocycles. The number of nitrogens with zero attached hydrogens (tertiary/aromatic N) is 2. The van der Waals surface area contributed by atoms with E-state index in [1.807, 2.05) is 66.7 Å². The zero-order valence-electron chi connectivity index (χ0n) is 17.1. The Morgan fingerprint density at radius 3 is 2.03 bits per heavy atom. The van der Waals surface area contributed by atoms with Gasteiger partial charge in [-0.3, -0.25) is 19.3 Å². The van der Waals surface area contributed by atoms with Gasteiger partial charge in [-0.2, -0.15) is 0 Å². The lowest BCUT2D eigenvalue weighted by atomic mass is 9.85. The van der Waals surface area contributed by atoms with Crippen LogP contribution in [0.2, 0.25) is 0 Å². The predicted molar refractivity (Wildman–Crippen MR) is 115 cm³/mol. The van der Waals surface area contributed by atoms with E-state index in [1.54, 1.807) is 4.90 Å². The van der Waals surface area contributed by atoms with Crippen LogP contribution in [0.5, 0.6) is 5.75 Å². The van der Waals surface area contributed by atoms with Gasteiger partial charge in [-0.1, -0.05) is 54.6 Å². The number of likely N-dealkylation sites (tertiary alicyclic amines) is 2. The monoisotopic (exact) mass is 416 g/mol. The minimum atomic E-state index is -0.218. The molecular weight excluding hydrogens is 392 g/mol. The third-order valence-electron chi connectivity index (χ3n) is 6.45. The number of imide groups is 1. The van der Waals surface area contributed by atoms with E-state index < -0.39 is 0 Å².